The lowest BCUT2D eigenvalue weighted by Gasteiger charge is -2.34. The van der Waals surface area contributed by atoms with Gasteiger partial charge in [-0.2, -0.15) is 0 Å². The van der Waals surface area contributed by atoms with E-state index in [0.29, 0.717) is 11.6 Å². The molecule has 26 heavy (non-hydrogen) atoms. The van der Waals surface area contributed by atoms with Crippen molar-refractivity contribution in [1.82, 2.24) is 19.8 Å². The average molecular weight is 374 g/mol. The summed E-state index contributed by atoms with van der Waals surface area (Å²) in [7, 11) is 0. The standard InChI is InChI=1S/C19H27N5OS/c1-15(2)13-21-19-22-17(14-26-19)18(25)24-11-9-23(10-12-24)8-5-16-3-6-20-7-4-16/h3-4,6-7,14-15H,5,8-13H2,1-2H3,(H,21,22). The van der Waals surface area contributed by atoms with Gasteiger partial charge in [-0.25, -0.2) is 4.98 Å². The Labute approximate surface area is 159 Å². The highest BCUT2D eigenvalue weighted by atomic mass is 32.1. The first-order chi connectivity index (χ1) is 12.6. The number of piperazine rings is 1. The zero-order valence-electron chi connectivity index (χ0n) is 15.5. The number of nitrogens with zero attached hydrogens (tertiary/aromatic N) is 4. The third kappa shape index (κ3) is 5.25. The smallest absolute Gasteiger partial charge is 0.273 e. The summed E-state index contributed by atoms with van der Waals surface area (Å²) >= 11 is 1.50. The number of nitrogens with one attached hydrogen (secondary N) is 1. The van der Waals surface area contributed by atoms with E-state index < -0.39 is 0 Å². The van der Waals surface area contributed by atoms with Gasteiger partial charge in [0.25, 0.3) is 5.91 Å². The zero-order chi connectivity index (χ0) is 18.4. The van der Waals surface area contributed by atoms with Crippen molar-refractivity contribution in [2.45, 2.75) is 20.3 Å². The first kappa shape index (κ1) is 18.8. The number of hydrogen-bond donors (Lipinski definition) is 1. The van der Waals surface area contributed by atoms with Gasteiger partial charge in [-0.15, -0.1) is 11.3 Å². The van der Waals surface area contributed by atoms with Crippen molar-refractivity contribution < 1.29 is 4.79 Å². The Morgan fingerprint density at radius 3 is 2.65 bits per heavy atom. The van der Waals surface area contributed by atoms with Crippen molar-refractivity contribution in [3.8, 4) is 0 Å². The van der Waals surface area contributed by atoms with Crippen LogP contribution in [-0.2, 0) is 6.42 Å². The number of amides is 1. The lowest BCUT2D eigenvalue weighted by atomic mass is 10.2. The third-order valence-electron chi connectivity index (χ3n) is 4.51. The highest BCUT2D eigenvalue weighted by Crippen LogP contribution is 2.18. The molecular weight excluding hydrogens is 346 g/mol. The van der Waals surface area contributed by atoms with E-state index in [1.807, 2.05) is 22.7 Å². The maximum absolute atomic E-state index is 12.7. The van der Waals surface area contributed by atoms with Crippen molar-refractivity contribution >= 4 is 22.4 Å². The molecular formula is C19H27N5OS. The van der Waals surface area contributed by atoms with Gasteiger partial charge in [0.05, 0.1) is 0 Å². The predicted octanol–water partition coefficient (Wildman–Crippen LogP) is 2.61. The fourth-order valence-electron chi connectivity index (χ4n) is 2.92. The van der Waals surface area contributed by atoms with Gasteiger partial charge < -0.3 is 10.2 Å². The van der Waals surface area contributed by atoms with E-state index >= 15 is 0 Å². The molecule has 0 aromatic carbocycles. The van der Waals surface area contributed by atoms with Crippen LogP contribution >= 0.6 is 11.3 Å². The van der Waals surface area contributed by atoms with E-state index in [1.165, 1.54) is 16.9 Å². The zero-order valence-corrected chi connectivity index (χ0v) is 16.3. The van der Waals surface area contributed by atoms with Gasteiger partial charge in [0.1, 0.15) is 5.69 Å². The predicted molar refractivity (Wildman–Crippen MR) is 106 cm³/mol. The van der Waals surface area contributed by atoms with Crippen molar-refractivity contribution in [2.24, 2.45) is 5.92 Å². The molecule has 1 aliphatic rings. The second-order valence-electron chi connectivity index (χ2n) is 7.05. The molecule has 2 aromatic rings. The highest BCUT2D eigenvalue weighted by molar-refractivity contribution is 7.13. The molecule has 140 valence electrons. The van der Waals surface area contributed by atoms with Gasteiger partial charge >= 0.3 is 0 Å². The minimum absolute atomic E-state index is 0.0487. The minimum Gasteiger partial charge on any atom is -0.361 e. The van der Waals surface area contributed by atoms with Crippen LogP contribution in [0.1, 0.15) is 29.9 Å². The summed E-state index contributed by atoms with van der Waals surface area (Å²) in [6, 6.07) is 4.12. The molecule has 1 amide bonds. The van der Waals surface area contributed by atoms with E-state index in [1.54, 1.807) is 0 Å². The summed E-state index contributed by atoms with van der Waals surface area (Å²) in [5.74, 6) is 0.603. The van der Waals surface area contributed by atoms with Gasteiger partial charge in [0, 0.05) is 57.0 Å². The van der Waals surface area contributed by atoms with Gasteiger partial charge in [0.2, 0.25) is 0 Å². The lowest BCUT2D eigenvalue weighted by Crippen LogP contribution is -2.49. The normalized spacial score (nSPS) is 15.4. The van der Waals surface area contributed by atoms with Crippen LogP contribution in [0.3, 0.4) is 0 Å². The second kappa shape index (κ2) is 9.09. The first-order valence-electron chi connectivity index (χ1n) is 9.22. The molecule has 1 N–H and O–H groups in total. The maximum atomic E-state index is 12.7. The largest absolute Gasteiger partial charge is 0.361 e. The topological polar surface area (TPSA) is 61.4 Å². The third-order valence-corrected chi connectivity index (χ3v) is 5.31. The monoisotopic (exact) mass is 373 g/mol. The summed E-state index contributed by atoms with van der Waals surface area (Å²) in [5, 5.41) is 5.98. The average Bonchev–Trinajstić information content (AvgIpc) is 3.14. The van der Waals surface area contributed by atoms with Crippen molar-refractivity contribution in [2.75, 3.05) is 44.6 Å². The van der Waals surface area contributed by atoms with Crippen LogP contribution in [0.4, 0.5) is 5.13 Å². The summed E-state index contributed by atoms with van der Waals surface area (Å²) in [6.45, 7) is 9.56. The van der Waals surface area contributed by atoms with Crippen molar-refractivity contribution in [3.63, 3.8) is 0 Å². The molecule has 2 aromatic heterocycles. The summed E-state index contributed by atoms with van der Waals surface area (Å²) in [5.41, 5.74) is 1.87. The molecule has 0 atom stereocenters. The number of carbonyl (C=O) groups excluding carboxylic acids is 1. The second-order valence-corrected chi connectivity index (χ2v) is 7.91. The molecule has 1 fully saturated rings. The molecule has 0 saturated carbocycles. The van der Waals surface area contributed by atoms with Crippen LogP contribution in [0, 0.1) is 5.92 Å². The minimum atomic E-state index is 0.0487. The number of hydrogen-bond acceptors (Lipinski definition) is 6. The number of rotatable bonds is 7. The van der Waals surface area contributed by atoms with Crippen LogP contribution in [0.2, 0.25) is 0 Å². The van der Waals surface area contributed by atoms with Crippen molar-refractivity contribution in [1.29, 1.82) is 0 Å². The molecule has 6 nitrogen and oxygen atoms in total. The lowest BCUT2D eigenvalue weighted by molar-refractivity contribution is 0.0633. The van der Waals surface area contributed by atoms with Gasteiger partial charge in [-0.05, 0) is 30.0 Å². The molecule has 0 bridgehead atoms. The van der Waals surface area contributed by atoms with Crippen LogP contribution in [0.5, 0.6) is 0 Å². The molecule has 3 rings (SSSR count). The molecule has 3 heterocycles. The van der Waals surface area contributed by atoms with E-state index in [2.05, 4.69) is 46.2 Å². The van der Waals surface area contributed by atoms with Crippen LogP contribution in [-0.4, -0.2) is 64.9 Å². The Balaban J connectivity index is 1.44. The SMILES string of the molecule is CC(C)CNc1nc(C(=O)N2CCN(CCc3ccncc3)CC2)cs1. The van der Waals surface area contributed by atoms with Gasteiger partial charge in [0.15, 0.2) is 5.13 Å². The molecule has 0 unspecified atom stereocenters. The first-order valence-corrected chi connectivity index (χ1v) is 10.1. The Hall–Kier alpha value is -1.99. The van der Waals surface area contributed by atoms with E-state index in [4.69, 9.17) is 0 Å². The van der Waals surface area contributed by atoms with Gasteiger partial charge in [-0.3, -0.25) is 14.7 Å². The molecule has 1 saturated heterocycles. The summed E-state index contributed by atoms with van der Waals surface area (Å²) in [6.07, 6.45) is 4.70. The quantitative estimate of drug-likeness (QED) is 0.808. The highest BCUT2D eigenvalue weighted by Gasteiger charge is 2.23. The fraction of sp³-hybridized carbons (Fsp3) is 0.526. The number of anilines is 1. The molecule has 0 radical (unpaired) electrons. The van der Waals surface area contributed by atoms with Crippen LogP contribution < -0.4 is 5.32 Å². The van der Waals surface area contributed by atoms with Crippen LogP contribution in [0.15, 0.2) is 29.9 Å². The van der Waals surface area contributed by atoms with Gasteiger partial charge in [-0.1, -0.05) is 13.8 Å². The Bertz CT molecular complexity index is 695. The summed E-state index contributed by atoms with van der Waals surface area (Å²) in [4.78, 5) is 25.5. The van der Waals surface area contributed by atoms with Crippen molar-refractivity contribution in [3.05, 3.63) is 41.2 Å². The fourth-order valence-corrected chi connectivity index (χ4v) is 3.61. The number of carbonyl (C=O) groups is 1. The molecule has 7 heteroatoms. The Morgan fingerprint density at radius 1 is 1.23 bits per heavy atom. The van der Waals surface area contributed by atoms with E-state index in [-0.39, 0.29) is 5.91 Å². The Kier molecular flexibility index (Phi) is 6.57. The van der Waals surface area contributed by atoms with E-state index in [0.717, 1.165) is 50.8 Å². The van der Waals surface area contributed by atoms with Crippen LogP contribution in [0.25, 0.3) is 0 Å². The Morgan fingerprint density at radius 2 is 1.96 bits per heavy atom. The number of thiazole rings is 1. The molecule has 0 aliphatic carbocycles. The molecule has 1 aliphatic heterocycles. The van der Waals surface area contributed by atoms with E-state index in [9.17, 15) is 4.79 Å². The number of pyridine rings is 1. The number of aromatic nitrogens is 2. The molecule has 0 spiro atoms. The summed E-state index contributed by atoms with van der Waals surface area (Å²) < 4.78 is 0. The maximum Gasteiger partial charge on any atom is 0.273 e.